The van der Waals surface area contributed by atoms with Crippen LogP contribution in [0, 0.1) is 22.7 Å². The lowest BCUT2D eigenvalue weighted by molar-refractivity contribution is -0.140. The molecule has 166 valence electrons. The number of ether oxygens (including phenoxy) is 1. The number of fused-ring (bicyclic) bond motifs is 1. The van der Waals surface area contributed by atoms with Gasteiger partial charge in [-0.2, -0.15) is 5.26 Å². The van der Waals surface area contributed by atoms with Crippen molar-refractivity contribution in [2.24, 2.45) is 11.3 Å². The average Bonchev–Trinajstić information content (AvgIpc) is 2.81. The Bertz CT molecular complexity index is 845. The molecule has 31 heavy (non-hydrogen) atoms. The zero-order valence-electron chi connectivity index (χ0n) is 18.3. The van der Waals surface area contributed by atoms with Gasteiger partial charge >= 0.3 is 0 Å². The Morgan fingerprint density at radius 2 is 2.03 bits per heavy atom. The van der Waals surface area contributed by atoms with E-state index in [9.17, 15) is 10.1 Å². The molecule has 4 fully saturated rings. The zero-order chi connectivity index (χ0) is 21.3. The third kappa shape index (κ3) is 4.04. The lowest BCUT2D eigenvalue weighted by Gasteiger charge is -2.53. The van der Waals surface area contributed by atoms with Crippen LogP contribution in [0.1, 0.15) is 50.6 Å². The number of carbonyl (C=O) groups excluding carboxylic acids is 1. The molecule has 2 saturated heterocycles. The van der Waals surface area contributed by atoms with E-state index in [4.69, 9.17) is 4.74 Å². The number of nitrogens with one attached hydrogen (secondary N) is 1. The summed E-state index contributed by atoms with van der Waals surface area (Å²) in [6.07, 6.45) is 7.52. The number of anilines is 1. The van der Waals surface area contributed by atoms with E-state index in [0.717, 1.165) is 77.2 Å². The van der Waals surface area contributed by atoms with E-state index in [2.05, 4.69) is 26.2 Å². The molecule has 7 heteroatoms. The summed E-state index contributed by atoms with van der Waals surface area (Å²) < 4.78 is 5.56. The third-order valence-corrected chi connectivity index (χ3v) is 8.11. The van der Waals surface area contributed by atoms with Crippen LogP contribution >= 0.6 is 0 Å². The number of pyridine rings is 1. The molecule has 1 amide bonds. The maximum Gasteiger partial charge on any atom is 0.228 e. The van der Waals surface area contributed by atoms with Crippen LogP contribution in [0.3, 0.4) is 0 Å². The Labute approximate surface area is 184 Å². The highest BCUT2D eigenvalue weighted by Gasteiger charge is 2.53. The highest BCUT2D eigenvalue weighted by molar-refractivity contribution is 5.84. The van der Waals surface area contributed by atoms with Gasteiger partial charge in [0.15, 0.2) is 0 Å². The number of hydrogen-bond donors (Lipinski definition) is 1. The Kier molecular flexibility index (Phi) is 5.85. The molecule has 2 aliphatic heterocycles. The number of piperidine rings is 1. The van der Waals surface area contributed by atoms with Gasteiger partial charge in [-0.25, -0.2) is 4.98 Å². The van der Waals surface area contributed by atoms with Crippen LogP contribution in [0.4, 0.5) is 5.82 Å². The molecule has 1 aromatic rings. The highest BCUT2D eigenvalue weighted by Crippen LogP contribution is 2.48. The van der Waals surface area contributed by atoms with Crippen LogP contribution in [0.5, 0.6) is 0 Å². The van der Waals surface area contributed by atoms with Gasteiger partial charge in [0.2, 0.25) is 5.91 Å². The molecule has 3 heterocycles. The first-order valence-electron chi connectivity index (χ1n) is 11.9. The lowest BCUT2D eigenvalue weighted by atomic mass is 9.60. The number of hydrogen-bond acceptors (Lipinski definition) is 6. The summed E-state index contributed by atoms with van der Waals surface area (Å²) in [4.78, 5) is 23.1. The molecule has 4 aliphatic rings. The lowest BCUT2D eigenvalue weighted by Crippen LogP contribution is -2.62. The van der Waals surface area contributed by atoms with Gasteiger partial charge in [0, 0.05) is 38.3 Å². The van der Waals surface area contributed by atoms with Gasteiger partial charge in [-0.05, 0) is 63.0 Å². The summed E-state index contributed by atoms with van der Waals surface area (Å²) in [6.45, 7) is 5.26. The maximum absolute atomic E-state index is 13.7. The molecule has 2 saturated carbocycles. The molecule has 0 spiro atoms. The standard InChI is InChI=1S/C24H33N5O2/c25-16-20-5-2-6-22(26-20)29-10-8-18-15-21(28-11-13-31-14-12-28)7-9-24(18,17-29)23(30)27-19-3-1-4-19/h2,5-6,18-19,21H,1,3-4,7-15,17H2,(H,27,30)/t18-,21+,24-/m1/s1. The summed E-state index contributed by atoms with van der Waals surface area (Å²) >= 11 is 0. The number of morpholine rings is 1. The average molecular weight is 424 g/mol. The van der Waals surface area contributed by atoms with Crippen LogP contribution in [-0.4, -0.2) is 67.3 Å². The van der Waals surface area contributed by atoms with Crippen molar-refractivity contribution in [1.82, 2.24) is 15.2 Å². The Balaban J connectivity index is 1.37. The molecular weight excluding hydrogens is 390 g/mol. The number of rotatable bonds is 4. The Hall–Kier alpha value is -2.17. The first-order chi connectivity index (χ1) is 15.2. The number of amides is 1. The summed E-state index contributed by atoms with van der Waals surface area (Å²) in [5.41, 5.74) is 0.0737. The molecule has 1 N–H and O–H groups in total. The van der Waals surface area contributed by atoms with E-state index >= 15 is 0 Å². The van der Waals surface area contributed by atoms with E-state index in [1.54, 1.807) is 6.07 Å². The molecule has 7 nitrogen and oxygen atoms in total. The number of aromatic nitrogens is 1. The topological polar surface area (TPSA) is 81.5 Å². The van der Waals surface area contributed by atoms with Crippen molar-refractivity contribution in [2.75, 3.05) is 44.3 Å². The smallest absolute Gasteiger partial charge is 0.228 e. The van der Waals surface area contributed by atoms with Crippen LogP contribution in [-0.2, 0) is 9.53 Å². The van der Waals surface area contributed by atoms with Crippen LogP contribution < -0.4 is 10.2 Å². The Morgan fingerprint density at radius 1 is 1.19 bits per heavy atom. The second-order valence-electron chi connectivity index (χ2n) is 9.73. The predicted octanol–water partition coefficient (Wildman–Crippen LogP) is 2.32. The van der Waals surface area contributed by atoms with E-state index in [-0.39, 0.29) is 11.3 Å². The largest absolute Gasteiger partial charge is 0.379 e. The van der Waals surface area contributed by atoms with Gasteiger partial charge < -0.3 is 15.0 Å². The van der Waals surface area contributed by atoms with Crippen molar-refractivity contribution in [1.29, 1.82) is 5.26 Å². The SMILES string of the molecule is N#Cc1cccc(N2CC[C@@H]3C[C@@H](N4CCOCC4)CC[C@@]3(C(=O)NC3CCC3)C2)n1. The zero-order valence-corrected chi connectivity index (χ0v) is 18.3. The van der Waals surface area contributed by atoms with Crippen LogP contribution in [0.25, 0.3) is 0 Å². The van der Waals surface area contributed by atoms with Gasteiger partial charge in [0.25, 0.3) is 0 Å². The molecule has 0 radical (unpaired) electrons. The number of carbonyl (C=O) groups is 1. The van der Waals surface area contributed by atoms with Crippen molar-refractivity contribution >= 4 is 11.7 Å². The van der Waals surface area contributed by atoms with Crippen LogP contribution in [0.15, 0.2) is 18.2 Å². The fourth-order valence-corrected chi connectivity index (χ4v) is 6.02. The molecule has 2 aliphatic carbocycles. The van der Waals surface area contributed by atoms with Gasteiger partial charge in [-0.1, -0.05) is 6.07 Å². The Morgan fingerprint density at radius 3 is 2.77 bits per heavy atom. The van der Waals surface area contributed by atoms with Crippen molar-refractivity contribution in [3.8, 4) is 6.07 Å². The fraction of sp³-hybridized carbons (Fsp3) is 0.708. The van der Waals surface area contributed by atoms with Crippen molar-refractivity contribution < 1.29 is 9.53 Å². The van der Waals surface area contributed by atoms with E-state index in [0.29, 0.717) is 30.2 Å². The minimum absolute atomic E-state index is 0.253. The van der Waals surface area contributed by atoms with Crippen molar-refractivity contribution in [3.63, 3.8) is 0 Å². The predicted molar refractivity (Wildman–Crippen MR) is 118 cm³/mol. The van der Waals surface area contributed by atoms with Crippen LogP contribution in [0.2, 0.25) is 0 Å². The minimum atomic E-state index is -0.360. The number of nitriles is 1. The second kappa shape index (κ2) is 8.76. The quantitative estimate of drug-likeness (QED) is 0.800. The van der Waals surface area contributed by atoms with Crippen molar-refractivity contribution in [2.45, 2.75) is 57.0 Å². The maximum atomic E-state index is 13.7. The molecule has 3 atom stereocenters. The van der Waals surface area contributed by atoms with Gasteiger partial charge in [-0.3, -0.25) is 9.69 Å². The normalized spacial score (nSPS) is 31.9. The molecule has 1 aromatic heterocycles. The molecular formula is C24H33N5O2. The number of nitrogens with zero attached hydrogens (tertiary/aromatic N) is 4. The van der Waals surface area contributed by atoms with E-state index in [1.807, 2.05) is 12.1 Å². The second-order valence-corrected chi connectivity index (χ2v) is 9.73. The summed E-state index contributed by atoms with van der Waals surface area (Å²) in [7, 11) is 0. The fourth-order valence-electron chi connectivity index (χ4n) is 6.02. The van der Waals surface area contributed by atoms with Gasteiger partial charge in [-0.15, -0.1) is 0 Å². The van der Waals surface area contributed by atoms with Crippen molar-refractivity contribution in [3.05, 3.63) is 23.9 Å². The molecule has 0 bridgehead atoms. The monoisotopic (exact) mass is 423 g/mol. The first kappa shape index (κ1) is 20.7. The molecule has 0 aromatic carbocycles. The molecule has 5 rings (SSSR count). The summed E-state index contributed by atoms with van der Waals surface area (Å²) in [5.74, 6) is 1.47. The highest BCUT2D eigenvalue weighted by atomic mass is 16.5. The third-order valence-electron chi connectivity index (χ3n) is 8.11. The summed E-state index contributed by atoms with van der Waals surface area (Å²) in [6, 6.07) is 8.66. The van der Waals surface area contributed by atoms with Gasteiger partial charge in [0.1, 0.15) is 17.6 Å². The first-order valence-corrected chi connectivity index (χ1v) is 11.9. The summed E-state index contributed by atoms with van der Waals surface area (Å²) in [5, 5.41) is 12.7. The van der Waals surface area contributed by atoms with E-state index < -0.39 is 0 Å². The molecule has 0 unspecified atom stereocenters. The minimum Gasteiger partial charge on any atom is -0.379 e. The van der Waals surface area contributed by atoms with Gasteiger partial charge in [0.05, 0.1) is 18.6 Å². The van der Waals surface area contributed by atoms with E-state index in [1.165, 1.54) is 6.42 Å².